The minimum absolute atomic E-state index is 0.0416. The molecule has 96 valence electrons. The van der Waals surface area contributed by atoms with Crippen molar-refractivity contribution in [1.82, 2.24) is 14.5 Å². The molecule has 0 saturated heterocycles. The van der Waals surface area contributed by atoms with Gasteiger partial charge in [0.15, 0.2) is 0 Å². The third kappa shape index (κ3) is 2.23. The van der Waals surface area contributed by atoms with Crippen molar-refractivity contribution in [2.45, 2.75) is 32.9 Å². The number of aromatic nitrogens is 2. The maximum Gasteiger partial charge on any atom is 0.220 e. The smallest absolute Gasteiger partial charge is 0.220 e. The number of para-hydroxylation sites is 2. The first kappa shape index (κ1) is 12.6. The Hall–Kier alpha value is -1.84. The average Bonchev–Trinajstić information content (AvgIpc) is 2.79. The van der Waals surface area contributed by atoms with E-state index in [0.717, 1.165) is 23.9 Å². The molecule has 4 heteroatoms. The van der Waals surface area contributed by atoms with E-state index >= 15 is 0 Å². The second-order valence-electron chi connectivity index (χ2n) is 4.54. The molecule has 0 aliphatic carbocycles. The van der Waals surface area contributed by atoms with Crippen molar-refractivity contribution in [2.75, 3.05) is 7.05 Å². The van der Waals surface area contributed by atoms with Crippen LogP contribution in [-0.4, -0.2) is 27.4 Å². The molecule has 1 aromatic heterocycles. The van der Waals surface area contributed by atoms with Gasteiger partial charge in [0.25, 0.3) is 0 Å². The summed E-state index contributed by atoms with van der Waals surface area (Å²) in [6.45, 7) is 3.72. The number of nitrogens with zero attached hydrogens (tertiary/aromatic N) is 3. The number of amides is 1. The summed E-state index contributed by atoms with van der Waals surface area (Å²) in [5.74, 6) is 0.0752. The van der Waals surface area contributed by atoms with Gasteiger partial charge in [-0.15, -0.1) is 0 Å². The van der Waals surface area contributed by atoms with E-state index < -0.39 is 0 Å². The maximum absolute atomic E-state index is 11.6. The van der Waals surface area contributed by atoms with Crippen molar-refractivity contribution in [3.8, 4) is 0 Å². The Bertz CT molecular complexity index is 547. The van der Waals surface area contributed by atoms with Crippen LogP contribution in [0.2, 0.25) is 0 Å². The SMILES string of the molecule is CCCC(N(C)C(C)=O)n1cnc2ccccc21. The first-order valence-electron chi connectivity index (χ1n) is 6.30. The Balaban J connectivity index is 2.44. The zero-order chi connectivity index (χ0) is 13.1. The molecule has 2 aromatic rings. The molecular weight excluding hydrogens is 226 g/mol. The van der Waals surface area contributed by atoms with Crippen LogP contribution in [0.4, 0.5) is 0 Å². The minimum atomic E-state index is 0.0416. The Morgan fingerprint density at radius 3 is 2.83 bits per heavy atom. The Morgan fingerprint density at radius 1 is 1.44 bits per heavy atom. The quantitative estimate of drug-likeness (QED) is 0.830. The van der Waals surface area contributed by atoms with Gasteiger partial charge < -0.3 is 9.47 Å². The largest absolute Gasteiger partial charge is 0.325 e. The summed E-state index contributed by atoms with van der Waals surface area (Å²) in [7, 11) is 1.84. The standard InChI is InChI=1S/C14H19N3O/c1-4-7-14(16(3)11(2)18)17-10-15-12-8-5-6-9-13(12)17/h5-6,8-10,14H,4,7H2,1-3H3. The summed E-state index contributed by atoms with van der Waals surface area (Å²) >= 11 is 0. The van der Waals surface area contributed by atoms with E-state index in [9.17, 15) is 4.79 Å². The number of fused-ring (bicyclic) bond motifs is 1. The van der Waals surface area contributed by atoms with E-state index in [1.807, 2.05) is 37.6 Å². The highest BCUT2D eigenvalue weighted by Crippen LogP contribution is 2.23. The highest BCUT2D eigenvalue weighted by molar-refractivity contribution is 5.76. The summed E-state index contributed by atoms with van der Waals surface area (Å²) in [5.41, 5.74) is 2.04. The third-order valence-electron chi connectivity index (χ3n) is 3.29. The van der Waals surface area contributed by atoms with Crippen molar-refractivity contribution in [3.05, 3.63) is 30.6 Å². The second-order valence-corrected chi connectivity index (χ2v) is 4.54. The normalized spacial score (nSPS) is 12.6. The molecule has 4 nitrogen and oxygen atoms in total. The van der Waals surface area contributed by atoms with E-state index in [1.165, 1.54) is 0 Å². The van der Waals surface area contributed by atoms with Crippen molar-refractivity contribution in [1.29, 1.82) is 0 Å². The average molecular weight is 245 g/mol. The predicted molar refractivity (Wildman–Crippen MR) is 72.1 cm³/mol. The summed E-state index contributed by atoms with van der Waals surface area (Å²) in [5, 5.41) is 0. The molecular formula is C14H19N3O. The number of imidazole rings is 1. The molecule has 0 fully saturated rings. The topological polar surface area (TPSA) is 38.1 Å². The number of benzene rings is 1. The zero-order valence-electron chi connectivity index (χ0n) is 11.1. The van der Waals surface area contributed by atoms with E-state index in [2.05, 4.69) is 16.5 Å². The number of rotatable bonds is 4. The first-order chi connectivity index (χ1) is 8.65. The Labute approximate surface area is 107 Å². The van der Waals surface area contributed by atoms with Crippen LogP contribution in [-0.2, 0) is 4.79 Å². The number of hydrogen-bond donors (Lipinski definition) is 0. The van der Waals surface area contributed by atoms with Crippen LogP contribution in [0.5, 0.6) is 0 Å². The molecule has 0 bridgehead atoms. The first-order valence-corrected chi connectivity index (χ1v) is 6.30. The lowest BCUT2D eigenvalue weighted by atomic mass is 10.2. The van der Waals surface area contributed by atoms with Crippen LogP contribution >= 0.6 is 0 Å². The number of carbonyl (C=O) groups is 1. The summed E-state index contributed by atoms with van der Waals surface area (Å²) in [4.78, 5) is 17.7. The van der Waals surface area contributed by atoms with Gasteiger partial charge >= 0.3 is 0 Å². The molecule has 0 spiro atoms. The van der Waals surface area contributed by atoms with Crippen molar-refractivity contribution in [3.63, 3.8) is 0 Å². The molecule has 0 radical (unpaired) electrons. The zero-order valence-corrected chi connectivity index (χ0v) is 11.1. The predicted octanol–water partition coefficient (Wildman–Crippen LogP) is 2.81. The van der Waals surface area contributed by atoms with E-state index in [4.69, 9.17) is 0 Å². The minimum Gasteiger partial charge on any atom is -0.325 e. The number of carbonyl (C=O) groups excluding carboxylic acids is 1. The van der Waals surface area contributed by atoms with Crippen LogP contribution in [0.15, 0.2) is 30.6 Å². The fourth-order valence-electron chi connectivity index (χ4n) is 2.20. The van der Waals surface area contributed by atoms with Crippen LogP contribution in [0.1, 0.15) is 32.9 Å². The van der Waals surface area contributed by atoms with Gasteiger partial charge in [-0.05, 0) is 18.6 Å². The molecule has 1 atom stereocenters. The summed E-state index contributed by atoms with van der Waals surface area (Å²) in [6, 6.07) is 8.00. The highest BCUT2D eigenvalue weighted by atomic mass is 16.2. The molecule has 1 heterocycles. The maximum atomic E-state index is 11.6. The van der Waals surface area contributed by atoms with Crippen LogP contribution in [0.3, 0.4) is 0 Å². The van der Waals surface area contributed by atoms with Gasteiger partial charge in [-0.1, -0.05) is 25.5 Å². The van der Waals surface area contributed by atoms with Gasteiger partial charge in [0.2, 0.25) is 5.91 Å². The molecule has 0 saturated carbocycles. The van der Waals surface area contributed by atoms with E-state index in [0.29, 0.717) is 0 Å². The second kappa shape index (κ2) is 5.21. The molecule has 0 N–H and O–H groups in total. The third-order valence-corrected chi connectivity index (χ3v) is 3.29. The van der Waals surface area contributed by atoms with E-state index in [1.54, 1.807) is 11.8 Å². The molecule has 1 amide bonds. The Morgan fingerprint density at radius 2 is 2.17 bits per heavy atom. The van der Waals surface area contributed by atoms with Crippen LogP contribution in [0.25, 0.3) is 11.0 Å². The van der Waals surface area contributed by atoms with Crippen molar-refractivity contribution < 1.29 is 4.79 Å². The molecule has 0 aliphatic rings. The molecule has 18 heavy (non-hydrogen) atoms. The Kier molecular flexibility index (Phi) is 3.65. The van der Waals surface area contributed by atoms with Gasteiger partial charge in [-0.25, -0.2) is 4.98 Å². The lowest BCUT2D eigenvalue weighted by Crippen LogP contribution is -2.32. The number of hydrogen-bond acceptors (Lipinski definition) is 2. The molecule has 0 aliphatic heterocycles. The van der Waals surface area contributed by atoms with Gasteiger partial charge in [0.05, 0.1) is 17.4 Å². The van der Waals surface area contributed by atoms with Gasteiger partial charge in [-0.2, -0.15) is 0 Å². The van der Waals surface area contributed by atoms with Crippen molar-refractivity contribution in [2.24, 2.45) is 0 Å². The van der Waals surface area contributed by atoms with Crippen LogP contribution < -0.4 is 0 Å². The van der Waals surface area contributed by atoms with Gasteiger partial charge in [0.1, 0.15) is 6.17 Å². The lowest BCUT2D eigenvalue weighted by Gasteiger charge is -2.28. The van der Waals surface area contributed by atoms with Gasteiger partial charge in [0, 0.05) is 14.0 Å². The fraction of sp³-hybridized carbons (Fsp3) is 0.429. The molecule has 2 rings (SSSR count). The molecule has 1 aromatic carbocycles. The van der Waals surface area contributed by atoms with E-state index in [-0.39, 0.29) is 12.1 Å². The highest BCUT2D eigenvalue weighted by Gasteiger charge is 2.19. The lowest BCUT2D eigenvalue weighted by molar-refractivity contribution is -0.131. The summed E-state index contributed by atoms with van der Waals surface area (Å²) in [6.07, 6.45) is 3.82. The van der Waals surface area contributed by atoms with Crippen molar-refractivity contribution >= 4 is 16.9 Å². The fourth-order valence-corrected chi connectivity index (χ4v) is 2.20. The summed E-state index contributed by atoms with van der Waals surface area (Å²) < 4.78 is 2.08. The van der Waals surface area contributed by atoms with Crippen LogP contribution in [0, 0.1) is 0 Å². The van der Waals surface area contributed by atoms with Gasteiger partial charge in [-0.3, -0.25) is 4.79 Å². The molecule has 1 unspecified atom stereocenters. The monoisotopic (exact) mass is 245 g/mol.